The molecule has 0 spiro atoms. The van der Waals surface area contributed by atoms with Crippen LogP contribution in [0.2, 0.25) is 0 Å². The van der Waals surface area contributed by atoms with Gasteiger partial charge in [0.1, 0.15) is 6.61 Å². The normalized spacial score (nSPS) is 12.8. The summed E-state index contributed by atoms with van der Waals surface area (Å²) in [7, 11) is 0. The Bertz CT molecular complexity index is 697. The van der Waals surface area contributed by atoms with Gasteiger partial charge in [0.2, 0.25) is 5.91 Å². The first-order valence-electron chi connectivity index (χ1n) is 6.80. The van der Waals surface area contributed by atoms with Crippen molar-refractivity contribution >= 4 is 25.8 Å². The molecule has 5 heteroatoms. The molecule has 0 unspecified atom stereocenters. The molecule has 0 saturated carbocycles. The zero-order chi connectivity index (χ0) is 14.8. The second-order valence-corrected chi connectivity index (χ2v) is 5.06. The minimum atomic E-state index is -0.489. The summed E-state index contributed by atoms with van der Waals surface area (Å²) in [5.41, 5.74) is 3.44. The topological polar surface area (TPSA) is 57.6 Å². The Morgan fingerprint density at radius 1 is 1.09 bits per heavy atom. The molecule has 2 aromatic carbocycles. The molecule has 0 aliphatic carbocycles. The van der Waals surface area contributed by atoms with Crippen molar-refractivity contribution in [3.8, 4) is 0 Å². The van der Waals surface area contributed by atoms with Gasteiger partial charge in [0, 0.05) is 19.7 Å². The second kappa shape index (κ2) is 6.58. The molecule has 1 aliphatic rings. The van der Waals surface area contributed by atoms with Gasteiger partial charge >= 0.3 is 0 Å². The summed E-state index contributed by atoms with van der Waals surface area (Å²) in [6.45, 7) is 0.000769. The van der Waals surface area contributed by atoms with E-state index < -0.39 is 6.61 Å². The lowest BCUT2D eigenvalue weighted by atomic mass is 10.1. The van der Waals surface area contributed by atoms with Gasteiger partial charge in [0.25, 0.3) is 0 Å². The summed E-state index contributed by atoms with van der Waals surface area (Å²) in [5.74, 6) is -0.212. The lowest BCUT2D eigenvalue weighted by Gasteiger charge is -2.17. The third kappa shape index (κ3) is 2.94. The van der Waals surface area contributed by atoms with E-state index in [2.05, 4.69) is 0 Å². The number of hydrogen-bond donors (Lipinski definition) is 1. The minimum Gasteiger partial charge on any atom is -0.388 e. The van der Waals surface area contributed by atoms with Crippen LogP contribution in [0, 0.1) is 0 Å². The Morgan fingerprint density at radius 2 is 1.77 bits per heavy atom. The quantitative estimate of drug-likeness (QED) is 0.687. The molecule has 3 rings (SSSR count). The van der Waals surface area contributed by atoms with Crippen molar-refractivity contribution in [1.29, 1.82) is 0 Å². The number of amides is 1. The van der Waals surface area contributed by atoms with Crippen LogP contribution in [-0.4, -0.2) is 31.8 Å². The third-order valence-electron chi connectivity index (χ3n) is 3.69. The molecule has 1 amide bonds. The number of anilines is 1. The highest BCUT2D eigenvalue weighted by atomic mass is 16.3. The van der Waals surface area contributed by atoms with Gasteiger partial charge in [0.05, 0.1) is 13.0 Å². The number of carbonyl (C=O) groups excluding carboxylic acids is 2. The molecule has 0 bridgehead atoms. The van der Waals surface area contributed by atoms with Gasteiger partial charge in [-0.2, -0.15) is 0 Å². The van der Waals surface area contributed by atoms with Crippen LogP contribution in [0.25, 0.3) is 0 Å². The molecular weight excluding hydrogens is 277 g/mol. The van der Waals surface area contributed by atoms with Gasteiger partial charge < -0.3 is 10.0 Å². The number of hydrogen-bond acceptors (Lipinski definition) is 3. The average molecular weight is 292 g/mol. The maximum absolute atomic E-state index is 12.1. The van der Waals surface area contributed by atoms with Gasteiger partial charge in [-0.25, -0.2) is 0 Å². The Kier molecular flexibility index (Phi) is 4.78. The van der Waals surface area contributed by atoms with Crippen LogP contribution >= 0.6 is 0 Å². The highest BCUT2D eigenvalue weighted by Crippen LogP contribution is 2.29. The molecule has 4 nitrogen and oxygen atoms in total. The number of rotatable bonds is 4. The van der Waals surface area contributed by atoms with E-state index in [-0.39, 0.29) is 20.1 Å². The number of Topliss-reactive ketones (excluding diaryl/α,β-unsaturated/α-hetero) is 1. The van der Waals surface area contributed by atoms with Crippen molar-refractivity contribution in [2.24, 2.45) is 0 Å². The number of benzene rings is 2. The van der Waals surface area contributed by atoms with E-state index in [0.717, 1.165) is 16.8 Å². The van der Waals surface area contributed by atoms with E-state index in [9.17, 15) is 9.59 Å². The Balaban J connectivity index is 0.00000176. The summed E-state index contributed by atoms with van der Waals surface area (Å²) < 4.78 is 0. The van der Waals surface area contributed by atoms with Crippen LogP contribution in [0.15, 0.2) is 48.5 Å². The largest absolute Gasteiger partial charge is 0.388 e. The summed E-state index contributed by atoms with van der Waals surface area (Å²) in [5, 5.41) is 8.83. The fourth-order valence-electron chi connectivity index (χ4n) is 2.56. The predicted molar refractivity (Wildman–Crippen MR) is 84.9 cm³/mol. The number of fused-ring (bicyclic) bond motifs is 1. The van der Waals surface area contributed by atoms with Crippen molar-refractivity contribution in [1.82, 2.24) is 0 Å². The molecule has 1 heterocycles. The molecule has 0 fully saturated rings. The number of aliphatic hydroxyl groups is 1. The molecule has 1 N–H and O–H groups in total. The fourth-order valence-corrected chi connectivity index (χ4v) is 2.56. The zero-order valence-electron chi connectivity index (χ0n) is 12.0. The lowest BCUT2D eigenvalue weighted by molar-refractivity contribution is -0.117. The maximum atomic E-state index is 12.1. The van der Waals surface area contributed by atoms with Crippen LogP contribution < -0.4 is 4.90 Å². The molecule has 0 saturated heterocycles. The second-order valence-electron chi connectivity index (χ2n) is 5.06. The monoisotopic (exact) mass is 292 g/mol. The zero-order valence-corrected chi connectivity index (χ0v) is 12.0. The molecule has 3 radical (unpaired) electrons. The van der Waals surface area contributed by atoms with E-state index in [0.29, 0.717) is 18.5 Å². The average Bonchev–Trinajstić information content (AvgIpc) is 2.83. The smallest absolute Gasteiger partial charge is 0.231 e. The summed E-state index contributed by atoms with van der Waals surface area (Å²) in [6, 6.07) is 14.8. The van der Waals surface area contributed by atoms with Gasteiger partial charge in [0.15, 0.2) is 5.78 Å². The molecule has 0 atom stereocenters. The van der Waals surface area contributed by atoms with Crippen LogP contribution in [0.1, 0.15) is 21.5 Å². The van der Waals surface area contributed by atoms with Gasteiger partial charge in [-0.15, -0.1) is 0 Å². The van der Waals surface area contributed by atoms with Gasteiger partial charge in [-0.3, -0.25) is 9.59 Å². The van der Waals surface area contributed by atoms with Crippen molar-refractivity contribution in [2.75, 3.05) is 11.5 Å². The van der Waals surface area contributed by atoms with E-state index in [1.54, 1.807) is 17.0 Å². The van der Waals surface area contributed by atoms with Crippen LogP contribution in [0.4, 0.5) is 5.69 Å². The van der Waals surface area contributed by atoms with Crippen molar-refractivity contribution < 1.29 is 14.7 Å². The minimum absolute atomic E-state index is 0. The fraction of sp³-hybridized carbons (Fsp3) is 0.176. The Morgan fingerprint density at radius 3 is 2.45 bits per heavy atom. The van der Waals surface area contributed by atoms with E-state index >= 15 is 0 Å². The predicted octanol–water partition coefficient (Wildman–Crippen LogP) is 1.57. The van der Waals surface area contributed by atoms with E-state index in [4.69, 9.17) is 5.11 Å². The first-order chi connectivity index (χ1) is 10.2. The van der Waals surface area contributed by atoms with Gasteiger partial charge in [-0.05, 0) is 17.2 Å². The van der Waals surface area contributed by atoms with E-state index in [1.807, 2.05) is 36.4 Å². The Hall–Kier alpha value is -2.40. The summed E-state index contributed by atoms with van der Waals surface area (Å²) in [4.78, 5) is 25.2. The van der Waals surface area contributed by atoms with Crippen molar-refractivity contribution in [3.63, 3.8) is 0 Å². The molecule has 0 aromatic heterocycles. The van der Waals surface area contributed by atoms with E-state index in [1.165, 1.54) is 0 Å². The number of ketones is 1. The molecule has 22 heavy (non-hydrogen) atoms. The highest BCUT2D eigenvalue weighted by Gasteiger charge is 2.26. The molecule has 109 valence electrons. The first kappa shape index (κ1) is 16.0. The van der Waals surface area contributed by atoms with Crippen LogP contribution in [0.3, 0.4) is 0 Å². The standard InChI is InChI=1S/C17H15NO3.B/c19-11-16(20)13-7-5-12(6-8-13)10-18-15-4-2-1-3-14(15)9-17(18)21;/h1-8,19H,9-11H2;. The molecule has 1 aliphatic heterocycles. The van der Waals surface area contributed by atoms with Crippen LogP contribution in [0.5, 0.6) is 0 Å². The van der Waals surface area contributed by atoms with Crippen molar-refractivity contribution in [2.45, 2.75) is 13.0 Å². The number of carbonyl (C=O) groups is 2. The summed E-state index contributed by atoms with van der Waals surface area (Å²) >= 11 is 0. The first-order valence-corrected chi connectivity index (χ1v) is 6.80. The van der Waals surface area contributed by atoms with Crippen LogP contribution in [-0.2, 0) is 17.8 Å². The van der Waals surface area contributed by atoms with Crippen molar-refractivity contribution in [3.05, 3.63) is 65.2 Å². The third-order valence-corrected chi connectivity index (χ3v) is 3.69. The number of aliphatic hydroxyl groups excluding tert-OH is 1. The lowest BCUT2D eigenvalue weighted by Crippen LogP contribution is -2.26. The SMILES string of the molecule is O=C(CO)c1ccc(CN2C(=O)Cc3ccccc32)cc1.[B]. The maximum Gasteiger partial charge on any atom is 0.231 e. The van der Waals surface area contributed by atoms with Gasteiger partial charge in [-0.1, -0.05) is 42.5 Å². The summed E-state index contributed by atoms with van der Waals surface area (Å²) in [6.07, 6.45) is 0.442. The number of para-hydroxylation sites is 1. The molecule has 2 aromatic rings. The Labute approximate surface area is 131 Å². The number of nitrogens with zero attached hydrogens (tertiary/aromatic N) is 1. The molecular formula is C17H15BNO3. The highest BCUT2D eigenvalue weighted by molar-refractivity contribution is 6.01.